The minimum Gasteiger partial charge on any atom is -0.480 e. The minimum absolute atomic E-state index is 0.0299. The van der Waals surface area contributed by atoms with E-state index in [9.17, 15) is 22.8 Å². The lowest BCUT2D eigenvalue weighted by Gasteiger charge is -2.21. The Balaban J connectivity index is 3.08. The Hall–Kier alpha value is -2.12. The number of pyridine rings is 1. The first kappa shape index (κ1) is 16.9. The Kier molecular flexibility index (Phi) is 5.28. The van der Waals surface area contributed by atoms with Gasteiger partial charge >= 0.3 is 12.1 Å². The van der Waals surface area contributed by atoms with Crippen LogP contribution in [0.2, 0.25) is 0 Å². The highest BCUT2D eigenvalue weighted by atomic mass is 19.4. The van der Waals surface area contributed by atoms with Gasteiger partial charge in [-0.15, -0.1) is 0 Å². The summed E-state index contributed by atoms with van der Waals surface area (Å²) >= 11 is 0. The normalized spacial score (nSPS) is 11.3. The molecule has 0 atom stereocenters. The minimum atomic E-state index is -4.59. The number of alkyl halides is 3. The van der Waals surface area contributed by atoms with Gasteiger partial charge in [-0.25, -0.2) is 4.98 Å². The molecule has 1 heterocycles. The summed E-state index contributed by atoms with van der Waals surface area (Å²) in [6.07, 6.45) is -4.05. The lowest BCUT2D eigenvalue weighted by atomic mass is 10.1. The second-order valence-electron chi connectivity index (χ2n) is 4.45. The fraction of sp³-hybridized carbons (Fsp3) is 0.462. The van der Waals surface area contributed by atoms with Gasteiger partial charge in [0.05, 0.1) is 11.3 Å². The van der Waals surface area contributed by atoms with E-state index in [0.717, 1.165) is 11.0 Å². The molecule has 21 heavy (non-hydrogen) atoms. The lowest BCUT2D eigenvalue weighted by Crippen LogP contribution is -2.36. The van der Waals surface area contributed by atoms with Crippen LogP contribution in [0.3, 0.4) is 0 Å². The van der Waals surface area contributed by atoms with Gasteiger partial charge in [-0.1, -0.05) is 6.92 Å². The van der Waals surface area contributed by atoms with Gasteiger partial charge in [-0.3, -0.25) is 9.59 Å². The number of carboxylic acid groups (broad SMARTS) is 1. The quantitative estimate of drug-likeness (QED) is 0.906. The van der Waals surface area contributed by atoms with E-state index >= 15 is 0 Å². The van der Waals surface area contributed by atoms with Gasteiger partial charge < -0.3 is 10.0 Å². The smallest absolute Gasteiger partial charge is 0.433 e. The first-order valence-corrected chi connectivity index (χ1v) is 6.22. The van der Waals surface area contributed by atoms with Crippen LogP contribution in [0.1, 0.15) is 35.1 Å². The van der Waals surface area contributed by atoms with Gasteiger partial charge in [-0.05, 0) is 25.5 Å². The van der Waals surface area contributed by atoms with E-state index in [0.29, 0.717) is 12.5 Å². The molecule has 0 aliphatic rings. The number of aliphatic carboxylic acids is 1. The maximum Gasteiger partial charge on any atom is 0.433 e. The summed E-state index contributed by atoms with van der Waals surface area (Å²) in [5, 5.41) is 8.77. The summed E-state index contributed by atoms with van der Waals surface area (Å²) in [5.41, 5.74) is -1.20. The highest BCUT2D eigenvalue weighted by Crippen LogP contribution is 2.28. The second kappa shape index (κ2) is 6.55. The molecule has 0 aromatic carbocycles. The number of hydrogen-bond acceptors (Lipinski definition) is 3. The van der Waals surface area contributed by atoms with E-state index in [1.807, 2.05) is 0 Å². The van der Waals surface area contributed by atoms with Crippen LogP contribution in [0, 0.1) is 6.92 Å². The molecule has 1 aromatic heterocycles. The van der Waals surface area contributed by atoms with Crippen molar-refractivity contribution in [3.05, 3.63) is 29.1 Å². The molecule has 0 unspecified atom stereocenters. The molecule has 5 nitrogen and oxygen atoms in total. The van der Waals surface area contributed by atoms with Gasteiger partial charge in [0.1, 0.15) is 12.2 Å². The van der Waals surface area contributed by atoms with Crippen molar-refractivity contribution in [2.45, 2.75) is 26.4 Å². The molecule has 0 bridgehead atoms. The molecular weight excluding hydrogens is 289 g/mol. The van der Waals surface area contributed by atoms with Crippen molar-refractivity contribution in [1.82, 2.24) is 9.88 Å². The summed E-state index contributed by atoms with van der Waals surface area (Å²) in [6.45, 7) is 2.74. The molecule has 116 valence electrons. The predicted octanol–water partition coefficient (Wildman–Crippen LogP) is 2.35. The summed E-state index contributed by atoms with van der Waals surface area (Å²) in [5.74, 6) is -1.83. The molecule has 8 heteroatoms. The topological polar surface area (TPSA) is 70.5 Å². The zero-order valence-electron chi connectivity index (χ0n) is 11.6. The average molecular weight is 304 g/mol. The van der Waals surface area contributed by atoms with Gasteiger partial charge in [0.2, 0.25) is 0 Å². The number of carbonyl (C=O) groups is 2. The fourth-order valence-electron chi connectivity index (χ4n) is 1.80. The van der Waals surface area contributed by atoms with Crippen molar-refractivity contribution in [2.24, 2.45) is 0 Å². The molecule has 1 N–H and O–H groups in total. The van der Waals surface area contributed by atoms with Crippen LogP contribution < -0.4 is 0 Å². The number of rotatable bonds is 5. The maximum atomic E-state index is 12.5. The highest BCUT2D eigenvalue weighted by molar-refractivity contribution is 5.96. The highest BCUT2D eigenvalue weighted by Gasteiger charge is 2.33. The zero-order valence-corrected chi connectivity index (χ0v) is 11.6. The average Bonchev–Trinajstić information content (AvgIpc) is 2.35. The largest absolute Gasteiger partial charge is 0.480 e. The third-order valence-corrected chi connectivity index (χ3v) is 2.71. The third-order valence-electron chi connectivity index (χ3n) is 2.71. The number of carbonyl (C=O) groups excluding carboxylic acids is 1. The summed E-state index contributed by atoms with van der Waals surface area (Å²) in [4.78, 5) is 27.4. The predicted molar refractivity (Wildman–Crippen MR) is 67.8 cm³/mol. The Morgan fingerprint density at radius 2 is 1.95 bits per heavy atom. The molecule has 0 aliphatic carbocycles. The van der Waals surface area contributed by atoms with Crippen LogP contribution in [0.4, 0.5) is 13.2 Å². The van der Waals surface area contributed by atoms with Crippen molar-refractivity contribution < 1.29 is 27.9 Å². The molecule has 0 spiro atoms. The first-order chi connectivity index (χ1) is 9.66. The van der Waals surface area contributed by atoms with Crippen molar-refractivity contribution in [1.29, 1.82) is 0 Å². The Bertz CT molecular complexity index is 544. The molecule has 0 saturated heterocycles. The first-order valence-electron chi connectivity index (χ1n) is 6.22. The third kappa shape index (κ3) is 4.44. The molecule has 0 radical (unpaired) electrons. The monoisotopic (exact) mass is 304 g/mol. The molecule has 1 amide bonds. The molecule has 0 saturated carbocycles. The number of carboxylic acids is 1. The molecule has 1 rings (SSSR count). The number of hydrogen-bond donors (Lipinski definition) is 1. The molecule has 1 aromatic rings. The lowest BCUT2D eigenvalue weighted by molar-refractivity contribution is -0.141. The van der Waals surface area contributed by atoms with Crippen LogP contribution in [-0.2, 0) is 11.0 Å². The van der Waals surface area contributed by atoms with Crippen molar-refractivity contribution in [3.63, 3.8) is 0 Å². The van der Waals surface area contributed by atoms with Crippen molar-refractivity contribution in [2.75, 3.05) is 13.1 Å². The van der Waals surface area contributed by atoms with Gasteiger partial charge in [0.15, 0.2) is 0 Å². The van der Waals surface area contributed by atoms with Crippen LogP contribution in [-0.4, -0.2) is 40.0 Å². The van der Waals surface area contributed by atoms with E-state index in [2.05, 4.69) is 4.98 Å². The van der Waals surface area contributed by atoms with Crippen LogP contribution >= 0.6 is 0 Å². The zero-order chi connectivity index (χ0) is 16.2. The Morgan fingerprint density at radius 1 is 1.33 bits per heavy atom. The van der Waals surface area contributed by atoms with E-state index in [1.165, 1.54) is 6.92 Å². The van der Waals surface area contributed by atoms with Gasteiger partial charge in [-0.2, -0.15) is 13.2 Å². The Labute approximate surface area is 119 Å². The van der Waals surface area contributed by atoms with E-state index in [4.69, 9.17) is 5.11 Å². The van der Waals surface area contributed by atoms with E-state index in [1.54, 1.807) is 6.92 Å². The SMILES string of the molecule is CCCN(CC(=O)O)C(=O)c1ccc(C(F)(F)F)nc1C. The molecule has 0 fully saturated rings. The van der Waals surface area contributed by atoms with E-state index in [-0.39, 0.29) is 17.8 Å². The number of aryl methyl sites for hydroxylation is 1. The van der Waals surface area contributed by atoms with Crippen LogP contribution in [0.25, 0.3) is 0 Å². The van der Waals surface area contributed by atoms with Gasteiger partial charge in [0.25, 0.3) is 5.91 Å². The standard InChI is InChI=1S/C13H15F3N2O3/c1-3-6-18(7-11(19)20)12(21)9-4-5-10(13(14,15)16)17-8(9)2/h4-5H,3,6-7H2,1-2H3,(H,19,20). The number of nitrogens with zero attached hydrogens (tertiary/aromatic N) is 2. The number of aromatic nitrogens is 1. The van der Waals surface area contributed by atoms with Crippen molar-refractivity contribution in [3.8, 4) is 0 Å². The molecule has 0 aliphatic heterocycles. The van der Waals surface area contributed by atoms with Crippen LogP contribution in [0.15, 0.2) is 12.1 Å². The summed E-state index contributed by atoms with van der Waals surface area (Å²) in [7, 11) is 0. The second-order valence-corrected chi connectivity index (χ2v) is 4.45. The Morgan fingerprint density at radius 3 is 2.38 bits per heavy atom. The van der Waals surface area contributed by atoms with E-state index < -0.39 is 30.3 Å². The van der Waals surface area contributed by atoms with Gasteiger partial charge in [0, 0.05) is 6.54 Å². The van der Waals surface area contributed by atoms with Crippen LogP contribution in [0.5, 0.6) is 0 Å². The maximum absolute atomic E-state index is 12.5. The number of amides is 1. The number of halogens is 3. The van der Waals surface area contributed by atoms with Crippen molar-refractivity contribution >= 4 is 11.9 Å². The summed E-state index contributed by atoms with van der Waals surface area (Å²) < 4.78 is 37.5. The molecular formula is C13H15F3N2O3. The summed E-state index contributed by atoms with van der Waals surface area (Å²) in [6, 6.07) is 1.74. The fourth-order valence-corrected chi connectivity index (χ4v) is 1.80.